The number of benzene rings is 2. The lowest BCUT2D eigenvalue weighted by Gasteiger charge is -2.29. The summed E-state index contributed by atoms with van der Waals surface area (Å²) >= 11 is 0. The monoisotopic (exact) mass is 390 g/mol. The average Bonchev–Trinajstić information content (AvgIpc) is 2.75. The highest BCUT2D eigenvalue weighted by Crippen LogP contribution is 2.20. The van der Waals surface area contributed by atoms with E-state index in [9.17, 15) is 9.59 Å². The molecule has 1 amide bonds. The van der Waals surface area contributed by atoms with Crippen LogP contribution in [0.4, 0.5) is 11.6 Å². The Morgan fingerprint density at radius 3 is 2.52 bits per heavy atom. The van der Waals surface area contributed by atoms with Crippen LogP contribution in [0, 0.1) is 6.92 Å². The summed E-state index contributed by atoms with van der Waals surface area (Å²) in [5.74, 6) is 0.565. The van der Waals surface area contributed by atoms with Gasteiger partial charge in [0.1, 0.15) is 0 Å². The molecule has 6 nitrogen and oxygen atoms in total. The fraction of sp³-hybridized carbons (Fsp3) is 0.348. The van der Waals surface area contributed by atoms with E-state index in [1.807, 2.05) is 49.4 Å². The highest BCUT2D eigenvalue weighted by molar-refractivity contribution is 5.90. The van der Waals surface area contributed by atoms with E-state index in [4.69, 9.17) is 4.98 Å². The second kappa shape index (κ2) is 8.47. The highest BCUT2D eigenvalue weighted by atomic mass is 16.2. The van der Waals surface area contributed by atoms with Crippen LogP contribution >= 0.6 is 0 Å². The molecule has 29 heavy (non-hydrogen) atoms. The summed E-state index contributed by atoms with van der Waals surface area (Å²) < 4.78 is 1.67. The third-order valence-electron chi connectivity index (χ3n) is 5.38. The van der Waals surface area contributed by atoms with Crippen molar-refractivity contribution in [2.24, 2.45) is 0 Å². The molecule has 0 radical (unpaired) electrons. The van der Waals surface area contributed by atoms with Crippen LogP contribution in [0.3, 0.4) is 0 Å². The number of nitrogens with one attached hydrogen (secondary N) is 1. The van der Waals surface area contributed by atoms with Gasteiger partial charge < -0.3 is 10.2 Å². The lowest BCUT2D eigenvalue weighted by Crippen LogP contribution is -2.37. The van der Waals surface area contributed by atoms with Gasteiger partial charge in [-0.15, -0.1) is 0 Å². The maximum absolute atomic E-state index is 13.2. The smallest absolute Gasteiger partial charge is 0.262 e. The van der Waals surface area contributed by atoms with Crippen LogP contribution in [0.1, 0.15) is 31.2 Å². The van der Waals surface area contributed by atoms with E-state index in [1.165, 1.54) is 6.42 Å². The zero-order chi connectivity index (χ0) is 20.2. The number of piperidine rings is 1. The number of amides is 1. The van der Waals surface area contributed by atoms with Crippen molar-refractivity contribution in [2.45, 2.75) is 39.2 Å². The molecule has 0 unspecified atom stereocenters. The van der Waals surface area contributed by atoms with Crippen molar-refractivity contribution in [1.29, 1.82) is 0 Å². The van der Waals surface area contributed by atoms with E-state index >= 15 is 0 Å². The number of carbonyl (C=O) groups is 1. The molecule has 4 rings (SSSR count). The minimum Gasteiger partial charge on any atom is -0.342 e. The molecule has 1 saturated heterocycles. The van der Waals surface area contributed by atoms with E-state index < -0.39 is 0 Å². The minimum absolute atomic E-state index is 0.0840. The van der Waals surface area contributed by atoms with Crippen LogP contribution < -0.4 is 15.8 Å². The summed E-state index contributed by atoms with van der Waals surface area (Å²) in [6.07, 6.45) is 3.61. The molecule has 0 atom stereocenters. The van der Waals surface area contributed by atoms with Crippen LogP contribution in [0.2, 0.25) is 0 Å². The first-order valence-electron chi connectivity index (χ1n) is 10.2. The number of anilines is 2. The molecule has 2 heterocycles. The van der Waals surface area contributed by atoms with Gasteiger partial charge in [0.05, 0.1) is 10.9 Å². The first-order valence-corrected chi connectivity index (χ1v) is 10.2. The number of carbonyl (C=O) groups excluding carboxylic acids is 1. The van der Waals surface area contributed by atoms with Crippen molar-refractivity contribution in [2.75, 3.05) is 23.3 Å². The van der Waals surface area contributed by atoms with Gasteiger partial charge in [0.15, 0.2) is 0 Å². The SMILES string of the molecule is Cc1ccc(NC(=O)CCn2c(N3CCCCC3)nc3ccccc3c2=O)cc1. The maximum atomic E-state index is 13.2. The normalized spacial score (nSPS) is 14.2. The lowest BCUT2D eigenvalue weighted by molar-refractivity contribution is -0.116. The summed E-state index contributed by atoms with van der Waals surface area (Å²) in [6, 6.07) is 15.1. The Morgan fingerprint density at radius 1 is 1.03 bits per heavy atom. The lowest BCUT2D eigenvalue weighted by atomic mass is 10.1. The zero-order valence-electron chi connectivity index (χ0n) is 16.7. The fourth-order valence-electron chi connectivity index (χ4n) is 3.77. The number of aromatic nitrogens is 2. The molecule has 1 aliphatic rings. The van der Waals surface area contributed by atoms with Crippen molar-refractivity contribution >= 4 is 28.4 Å². The van der Waals surface area contributed by atoms with Crippen molar-refractivity contribution in [3.05, 3.63) is 64.4 Å². The van der Waals surface area contributed by atoms with Gasteiger partial charge in [0, 0.05) is 31.7 Å². The van der Waals surface area contributed by atoms with Gasteiger partial charge in [0.2, 0.25) is 11.9 Å². The van der Waals surface area contributed by atoms with Crippen LogP contribution in [-0.2, 0) is 11.3 Å². The van der Waals surface area contributed by atoms with Gasteiger partial charge in [-0.25, -0.2) is 4.98 Å². The largest absolute Gasteiger partial charge is 0.342 e. The van der Waals surface area contributed by atoms with E-state index in [2.05, 4.69) is 10.2 Å². The van der Waals surface area contributed by atoms with Gasteiger partial charge >= 0.3 is 0 Å². The van der Waals surface area contributed by atoms with Gasteiger partial charge in [-0.3, -0.25) is 14.2 Å². The molecule has 0 aliphatic carbocycles. The minimum atomic E-state index is -0.112. The summed E-state index contributed by atoms with van der Waals surface area (Å²) in [5, 5.41) is 3.50. The summed E-state index contributed by atoms with van der Waals surface area (Å²) in [6.45, 7) is 4.09. The van der Waals surface area contributed by atoms with Gasteiger partial charge in [-0.1, -0.05) is 29.8 Å². The number of fused-ring (bicyclic) bond motifs is 1. The Labute approximate surface area is 170 Å². The molecular formula is C23H26N4O2. The van der Waals surface area contributed by atoms with Crippen LogP contribution in [0.5, 0.6) is 0 Å². The zero-order valence-corrected chi connectivity index (χ0v) is 16.7. The molecule has 0 spiro atoms. The molecule has 1 aromatic heterocycles. The summed E-state index contributed by atoms with van der Waals surface area (Å²) in [4.78, 5) is 32.6. The Kier molecular flexibility index (Phi) is 5.60. The number of para-hydroxylation sites is 1. The number of hydrogen-bond donors (Lipinski definition) is 1. The van der Waals surface area contributed by atoms with Gasteiger partial charge in [-0.05, 0) is 50.5 Å². The molecule has 1 aliphatic heterocycles. The van der Waals surface area contributed by atoms with E-state index in [0.29, 0.717) is 23.4 Å². The van der Waals surface area contributed by atoms with Gasteiger partial charge in [0.25, 0.3) is 5.56 Å². The molecule has 150 valence electrons. The number of aryl methyl sites for hydroxylation is 1. The Balaban J connectivity index is 1.59. The molecule has 0 bridgehead atoms. The van der Waals surface area contributed by atoms with E-state index in [0.717, 1.165) is 37.2 Å². The summed E-state index contributed by atoms with van der Waals surface area (Å²) in [5.41, 5.74) is 2.53. The quantitative estimate of drug-likeness (QED) is 0.721. The highest BCUT2D eigenvalue weighted by Gasteiger charge is 2.19. The maximum Gasteiger partial charge on any atom is 0.262 e. The summed E-state index contributed by atoms with van der Waals surface area (Å²) in [7, 11) is 0. The van der Waals surface area contributed by atoms with Crippen molar-refractivity contribution in [3.8, 4) is 0 Å². The molecule has 1 fully saturated rings. The molecular weight excluding hydrogens is 364 g/mol. The first-order chi connectivity index (χ1) is 14.1. The Bertz CT molecular complexity index is 1070. The third-order valence-corrected chi connectivity index (χ3v) is 5.38. The van der Waals surface area contributed by atoms with E-state index in [1.54, 1.807) is 10.6 Å². The second-order valence-corrected chi connectivity index (χ2v) is 7.60. The predicted molar refractivity (Wildman–Crippen MR) is 116 cm³/mol. The van der Waals surface area contributed by atoms with Crippen molar-refractivity contribution in [3.63, 3.8) is 0 Å². The molecule has 6 heteroatoms. The van der Waals surface area contributed by atoms with E-state index in [-0.39, 0.29) is 17.9 Å². The molecule has 2 aromatic carbocycles. The van der Waals surface area contributed by atoms with Crippen molar-refractivity contribution < 1.29 is 4.79 Å². The predicted octanol–water partition coefficient (Wildman–Crippen LogP) is 3.72. The second-order valence-electron chi connectivity index (χ2n) is 7.60. The Morgan fingerprint density at radius 2 is 1.76 bits per heavy atom. The van der Waals surface area contributed by atoms with Crippen LogP contribution in [0.15, 0.2) is 53.3 Å². The number of rotatable bonds is 5. The Hall–Kier alpha value is -3.15. The average molecular weight is 390 g/mol. The van der Waals surface area contributed by atoms with Crippen molar-refractivity contribution in [1.82, 2.24) is 9.55 Å². The van der Waals surface area contributed by atoms with Gasteiger partial charge in [-0.2, -0.15) is 0 Å². The molecule has 1 N–H and O–H groups in total. The topological polar surface area (TPSA) is 67.2 Å². The standard InChI is InChI=1S/C23H26N4O2/c1-17-9-11-18(12-10-17)24-21(28)13-16-27-22(29)19-7-3-4-8-20(19)25-23(27)26-14-5-2-6-15-26/h3-4,7-12H,2,5-6,13-16H2,1H3,(H,24,28). The number of nitrogens with zero attached hydrogens (tertiary/aromatic N) is 3. The number of hydrogen-bond acceptors (Lipinski definition) is 4. The molecule has 0 saturated carbocycles. The fourth-order valence-corrected chi connectivity index (χ4v) is 3.77. The van der Waals surface area contributed by atoms with Crippen LogP contribution in [0.25, 0.3) is 10.9 Å². The third kappa shape index (κ3) is 4.31. The molecule has 3 aromatic rings. The van der Waals surface area contributed by atoms with Crippen LogP contribution in [-0.4, -0.2) is 28.5 Å². The first kappa shape index (κ1) is 19.2.